The second-order valence-electron chi connectivity index (χ2n) is 9.40. The Labute approximate surface area is 157 Å². The first-order valence-corrected chi connectivity index (χ1v) is 9.95. The van der Waals surface area contributed by atoms with Crippen molar-refractivity contribution in [1.82, 2.24) is 19.4 Å². The van der Waals surface area contributed by atoms with Gasteiger partial charge in [0.1, 0.15) is 0 Å². The topological polar surface area (TPSA) is 61.6 Å². The standard InChI is InChI=1S/C20H34N4O2/c1-19(2,3)14-24-9-4-7-20(26,18(24)25)15-22-10-5-17(6-11-22)13-23-12-8-21-16-23/h8,12,16-17,26H,4-7,9-11,13-15H2,1-3H3/t20-/m1/s1. The van der Waals surface area contributed by atoms with Gasteiger partial charge in [0.25, 0.3) is 5.91 Å². The number of imidazole rings is 1. The number of rotatable bonds is 5. The van der Waals surface area contributed by atoms with Gasteiger partial charge in [0.2, 0.25) is 0 Å². The van der Waals surface area contributed by atoms with Gasteiger partial charge in [0.15, 0.2) is 5.60 Å². The molecule has 0 spiro atoms. The largest absolute Gasteiger partial charge is 0.379 e. The van der Waals surface area contributed by atoms with Gasteiger partial charge in [0.05, 0.1) is 6.33 Å². The molecule has 3 rings (SSSR count). The smallest absolute Gasteiger partial charge is 0.255 e. The number of carbonyl (C=O) groups is 1. The molecule has 0 radical (unpaired) electrons. The van der Waals surface area contributed by atoms with Crippen molar-refractivity contribution in [3.8, 4) is 0 Å². The molecule has 2 saturated heterocycles. The maximum Gasteiger partial charge on any atom is 0.255 e. The molecule has 0 bridgehead atoms. The Bertz CT molecular complexity index is 587. The van der Waals surface area contributed by atoms with E-state index in [2.05, 4.69) is 35.2 Å². The minimum Gasteiger partial charge on any atom is -0.379 e. The lowest BCUT2D eigenvalue weighted by molar-refractivity contribution is -0.161. The van der Waals surface area contributed by atoms with Crippen molar-refractivity contribution in [3.05, 3.63) is 18.7 Å². The van der Waals surface area contributed by atoms with Gasteiger partial charge in [-0.2, -0.15) is 0 Å². The van der Waals surface area contributed by atoms with E-state index < -0.39 is 5.60 Å². The van der Waals surface area contributed by atoms with E-state index in [-0.39, 0.29) is 11.3 Å². The Hall–Kier alpha value is -1.40. The second-order valence-corrected chi connectivity index (χ2v) is 9.40. The predicted molar refractivity (Wildman–Crippen MR) is 102 cm³/mol. The third kappa shape index (κ3) is 4.86. The lowest BCUT2D eigenvalue weighted by Gasteiger charge is -2.44. The van der Waals surface area contributed by atoms with Crippen LogP contribution in [0, 0.1) is 11.3 Å². The summed E-state index contributed by atoms with van der Waals surface area (Å²) >= 11 is 0. The van der Waals surface area contributed by atoms with Crippen molar-refractivity contribution in [2.45, 2.75) is 58.6 Å². The third-order valence-corrected chi connectivity index (χ3v) is 5.59. The number of amides is 1. The number of likely N-dealkylation sites (tertiary alicyclic amines) is 2. The lowest BCUT2D eigenvalue weighted by Crippen LogP contribution is -2.60. The second kappa shape index (κ2) is 7.69. The van der Waals surface area contributed by atoms with E-state index in [4.69, 9.17) is 0 Å². The minimum absolute atomic E-state index is 0.0551. The first kappa shape index (κ1) is 19.4. The molecule has 1 aromatic rings. The van der Waals surface area contributed by atoms with Crippen LogP contribution in [0.3, 0.4) is 0 Å². The van der Waals surface area contributed by atoms with Crippen molar-refractivity contribution < 1.29 is 9.90 Å². The van der Waals surface area contributed by atoms with Gasteiger partial charge < -0.3 is 14.6 Å². The highest BCUT2D eigenvalue weighted by Gasteiger charge is 2.44. The molecule has 1 atom stereocenters. The normalized spacial score (nSPS) is 26.5. The summed E-state index contributed by atoms with van der Waals surface area (Å²) in [6.07, 6.45) is 9.39. The number of aromatic nitrogens is 2. The number of β-amino-alcohol motifs (C(OH)–C–C–N with tert-alkyl or cyclic N) is 1. The van der Waals surface area contributed by atoms with Crippen molar-refractivity contribution in [1.29, 1.82) is 0 Å². The average Bonchev–Trinajstić information content (AvgIpc) is 3.06. The number of hydrogen-bond donors (Lipinski definition) is 1. The first-order chi connectivity index (χ1) is 12.3. The zero-order chi connectivity index (χ0) is 18.8. The van der Waals surface area contributed by atoms with Crippen LogP contribution < -0.4 is 0 Å². The molecule has 0 aromatic carbocycles. The number of piperidine rings is 2. The Morgan fingerprint density at radius 2 is 2.00 bits per heavy atom. The van der Waals surface area contributed by atoms with Crippen molar-refractivity contribution >= 4 is 5.91 Å². The fourth-order valence-electron chi connectivity index (χ4n) is 4.33. The van der Waals surface area contributed by atoms with E-state index in [1.807, 2.05) is 23.6 Å². The predicted octanol–water partition coefficient (Wildman–Crippen LogP) is 1.99. The number of hydrogen-bond acceptors (Lipinski definition) is 4. The molecule has 6 heteroatoms. The molecule has 0 aliphatic carbocycles. The number of carbonyl (C=O) groups excluding carboxylic acids is 1. The highest BCUT2D eigenvalue weighted by Crippen LogP contribution is 2.28. The maximum atomic E-state index is 12.9. The number of nitrogens with zero attached hydrogens (tertiary/aromatic N) is 4. The summed E-state index contributed by atoms with van der Waals surface area (Å²) < 4.78 is 2.14. The summed E-state index contributed by atoms with van der Waals surface area (Å²) in [5.74, 6) is 0.578. The Kier molecular flexibility index (Phi) is 5.72. The average molecular weight is 363 g/mol. The molecule has 1 aromatic heterocycles. The van der Waals surface area contributed by atoms with E-state index in [0.717, 1.165) is 45.4 Å². The highest BCUT2D eigenvalue weighted by atomic mass is 16.3. The summed E-state index contributed by atoms with van der Waals surface area (Å²) in [5.41, 5.74) is -1.15. The quantitative estimate of drug-likeness (QED) is 0.870. The van der Waals surface area contributed by atoms with Crippen LogP contribution in [0.2, 0.25) is 0 Å². The van der Waals surface area contributed by atoms with Crippen LogP contribution in [0.25, 0.3) is 0 Å². The fraction of sp³-hybridized carbons (Fsp3) is 0.800. The van der Waals surface area contributed by atoms with Gasteiger partial charge in [-0.3, -0.25) is 9.69 Å². The van der Waals surface area contributed by atoms with Crippen LogP contribution in [0.4, 0.5) is 0 Å². The van der Waals surface area contributed by atoms with Crippen LogP contribution in [0.5, 0.6) is 0 Å². The van der Waals surface area contributed by atoms with Crippen molar-refractivity contribution in [2.24, 2.45) is 11.3 Å². The third-order valence-electron chi connectivity index (χ3n) is 5.59. The molecular formula is C20H34N4O2. The van der Waals surface area contributed by atoms with Gasteiger partial charge in [-0.1, -0.05) is 20.8 Å². The van der Waals surface area contributed by atoms with Crippen molar-refractivity contribution in [3.63, 3.8) is 0 Å². The Balaban J connectivity index is 1.52. The van der Waals surface area contributed by atoms with E-state index >= 15 is 0 Å². The monoisotopic (exact) mass is 362 g/mol. The summed E-state index contributed by atoms with van der Waals surface area (Å²) in [6.45, 7) is 11.3. The molecule has 2 aliphatic rings. The van der Waals surface area contributed by atoms with Crippen LogP contribution in [0.15, 0.2) is 18.7 Å². The van der Waals surface area contributed by atoms with Crippen molar-refractivity contribution in [2.75, 3.05) is 32.7 Å². The zero-order valence-corrected chi connectivity index (χ0v) is 16.5. The van der Waals surface area contributed by atoms with Crippen LogP contribution >= 0.6 is 0 Å². The molecule has 2 aliphatic heterocycles. The van der Waals surface area contributed by atoms with Crippen LogP contribution in [-0.2, 0) is 11.3 Å². The molecule has 0 unspecified atom stereocenters. The minimum atomic E-state index is -1.21. The summed E-state index contributed by atoms with van der Waals surface area (Å²) in [7, 11) is 0. The Morgan fingerprint density at radius 1 is 1.27 bits per heavy atom. The number of aliphatic hydroxyl groups is 1. The molecule has 1 N–H and O–H groups in total. The molecule has 1 amide bonds. The lowest BCUT2D eigenvalue weighted by atomic mass is 9.87. The van der Waals surface area contributed by atoms with Crippen LogP contribution in [0.1, 0.15) is 46.5 Å². The van der Waals surface area contributed by atoms with E-state index in [0.29, 0.717) is 25.4 Å². The molecule has 146 valence electrons. The Morgan fingerprint density at radius 3 is 2.62 bits per heavy atom. The molecule has 6 nitrogen and oxygen atoms in total. The summed E-state index contributed by atoms with van der Waals surface area (Å²) in [5, 5.41) is 11.1. The fourth-order valence-corrected chi connectivity index (χ4v) is 4.33. The van der Waals surface area contributed by atoms with Gasteiger partial charge in [-0.05, 0) is 50.1 Å². The van der Waals surface area contributed by atoms with Crippen LogP contribution in [-0.4, -0.2) is 68.7 Å². The molecule has 0 saturated carbocycles. The summed E-state index contributed by atoms with van der Waals surface area (Å²) in [6, 6.07) is 0. The van der Waals surface area contributed by atoms with Gasteiger partial charge >= 0.3 is 0 Å². The SMILES string of the molecule is CC(C)(C)CN1CCC[C@@](O)(CN2CCC(Cn3ccnc3)CC2)C1=O. The maximum absolute atomic E-state index is 12.9. The molecular weight excluding hydrogens is 328 g/mol. The van der Waals surface area contributed by atoms with Gasteiger partial charge in [0, 0.05) is 38.6 Å². The van der Waals surface area contributed by atoms with E-state index in [1.54, 1.807) is 0 Å². The van der Waals surface area contributed by atoms with E-state index in [9.17, 15) is 9.90 Å². The molecule has 3 heterocycles. The molecule has 2 fully saturated rings. The first-order valence-electron chi connectivity index (χ1n) is 9.95. The summed E-state index contributed by atoms with van der Waals surface area (Å²) in [4.78, 5) is 21.2. The zero-order valence-electron chi connectivity index (χ0n) is 16.5. The highest BCUT2D eigenvalue weighted by molar-refractivity contribution is 5.86. The molecule has 26 heavy (non-hydrogen) atoms. The van der Waals surface area contributed by atoms with Gasteiger partial charge in [-0.15, -0.1) is 0 Å². The van der Waals surface area contributed by atoms with E-state index in [1.165, 1.54) is 0 Å². The van der Waals surface area contributed by atoms with Gasteiger partial charge in [-0.25, -0.2) is 4.98 Å².